The first-order chi connectivity index (χ1) is 9.13. The van der Waals surface area contributed by atoms with Gasteiger partial charge in [-0.2, -0.15) is 0 Å². The van der Waals surface area contributed by atoms with Gasteiger partial charge < -0.3 is 9.30 Å². The van der Waals surface area contributed by atoms with Gasteiger partial charge in [0.1, 0.15) is 0 Å². The van der Waals surface area contributed by atoms with Crippen molar-refractivity contribution in [1.29, 1.82) is 0 Å². The monoisotopic (exact) mass is 262 g/mol. The molecule has 0 aliphatic rings. The highest BCUT2D eigenvalue weighted by atomic mass is 16.5. The molecule has 0 bridgehead atoms. The van der Waals surface area contributed by atoms with Crippen molar-refractivity contribution in [2.75, 3.05) is 12.0 Å². The van der Waals surface area contributed by atoms with Crippen LogP contribution in [0.2, 0.25) is 0 Å². The van der Waals surface area contributed by atoms with Crippen LogP contribution in [-0.2, 0) is 11.8 Å². The second-order valence-electron chi connectivity index (χ2n) is 3.78. The summed E-state index contributed by atoms with van der Waals surface area (Å²) in [5.41, 5.74) is 5.74. The molecule has 19 heavy (non-hydrogen) atoms. The maximum atomic E-state index is 12.0. The van der Waals surface area contributed by atoms with Crippen molar-refractivity contribution in [1.82, 2.24) is 15.0 Å². The van der Waals surface area contributed by atoms with E-state index in [0.29, 0.717) is 11.0 Å². The van der Waals surface area contributed by atoms with Gasteiger partial charge in [-0.25, -0.2) is 15.2 Å². The zero-order valence-electron chi connectivity index (χ0n) is 10.6. The van der Waals surface area contributed by atoms with Gasteiger partial charge in [0, 0.05) is 7.05 Å². The van der Waals surface area contributed by atoms with Gasteiger partial charge in [-0.05, 0) is 19.1 Å². The van der Waals surface area contributed by atoms with Gasteiger partial charge in [0.05, 0.1) is 17.6 Å². The third-order valence-electron chi connectivity index (χ3n) is 2.54. The summed E-state index contributed by atoms with van der Waals surface area (Å²) < 4.78 is 6.13. The highest BCUT2D eigenvalue weighted by Crippen LogP contribution is 2.09. The molecule has 0 saturated carbocycles. The molecule has 1 aromatic heterocycles. The highest BCUT2D eigenvalue weighted by Gasteiger charge is 2.09. The molecule has 0 fully saturated rings. The van der Waals surface area contributed by atoms with Crippen molar-refractivity contribution in [2.45, 2.75) is 6.92 Å². The van der Waals surface area contributed by atoms with E-state index in [-0.39, 0.29) is 18.0 Å². The Hall–Kier alpha value is -2.57. The van der Waals surface area contributed by atoms with Crippen molar-refractivity contribution in [3.8, 4) is 0 Å². The molecule has 2 aromatic rings. The number of aromatic nitrogens is 2. The van der Waals surface area contributed by atoms with Crippen LogP contribution in [0.1, 0.15) is 6.92 Å². The van der Waals surface area contributed by atoms with Crippen LogP contribution in [0, 0.1) is 0 Å². The molecule has 7 nitrogen and oxygen atoms in total. The molecule has 100 valence electrons. The molecule has 1 amide bonds. The van der Waals surface area contributed by atoms with E-state index in [4.69, 9.17) is 0 Å². The number of benzene rings is 1. The molecular formula is C12H14N4O3. The standard InChI is InChI=1S/C12H14N4O3/c1-3-19-12(18)15-14-10-11(17)16(2)9-7-5-4-6-8(9)13-10/h4-7H,3H2,1-2H3,(H,13,14)(H,15,18). The Kier molecular flexibility index (Phi) is 3.65. The molecule has 0 radical (unpaired) electrons. The number of nitrogens with one attached hydrogen (secondary N) is 2. The number of nitrogens with zero attached hydrogens (tertiary/aromatic N) is 2. The van der Waals surface area contributed by atoms with Gasteiger partial charge in [0.25, 0.3) is 5.56 Å². The predicted molar refractivity (Wildman–Crippen MR) is 70.8 cm³/mol. The Bertz CT molecular complexity index is 666. The van der Waals surface area contributed by atoms with Crippen LogP contribution in [0.3, 0.4) is 0 Å². The number of rotatable bonds is 3. The number of carbonyl (C=O) groups is 1. The highest BCUT2D eigenvalue weighted by molar-refractivity contribution is 5.76. The van der Waals surface area contributed by atoms with Crippen molar-refractivity contribution in [3.63, 3.8) is 0 Å². The number of amides is 1. The normalized spacial score (nSPS) is 10.2. The topological polar surface area (TPSA) is 85.2 Å². The molecular weight excluding hydrogens is 248 g/mol. The predicted octanol–water partition coefficient (Wildman–Crippen LogP) is 1.01. The van der Waals surface area contributed by atoms with Crippen LogP contribution in [0.25, 0.3) is 11.0 Å². The fourth-order valence-corrected chi connectivity index (χ4v) is 1.64. The SMILES string of the molecule is CCOC(=O)NNc1nc2ccccc2n(C)c1=O. The first kappa shape index (κ1) is 12.9. The molecule has 0 aliphatic heterocycles. The van der Waals surface area contributed by atoms with Gasteiger partial charge in [0.2, 0.25) is 5.82 Å². The van der Waals surface area contributed by atoms with Crippen molar-refractivity contribution >= 4 is 22.9 Å². The van der Waals surface area contributed by atoms with Crippen LogP contribution < -0.4 is 16.4 Å². The Morgan fingerprint density at radius 2 is 2.16 bits per heavy atom. The summed E-state index contributed by atoms with van der Waals surface area (Å²) in [6.45, 7) is 1.93. The second-order valence-corrected chi connectivity index (χ2v) is 3.78. The van der Waals surface area contributed by atoms with Gasteiger partial charge in [-0.3, -0.25) is 10.2 Å². The van der Waals surface area contributed by atoms with E-state index in [1.165, 1.54) is 4.57 Å². The quantitative estimate of drug-likeness (QED) is 0.806. The van der Waals surface area contributed by atoms with Gasteiger partial charge in [-0.15, -0.1) is 0 Å². The minimum absolute atomic E-state index is 0.0363. The second kappa shape index (κ2) is 5.38. The number of hydrazine groups is 1. The van der Waals surface area contributed by atoms with Crippen LogP contribution in [0.15, 0.2) is 29.1 Å². The maximum absolute atomic E-state index is 12.0. The Balaban J connectivity index is 2.31. The molecule has 0 aliphatic carbocycles. The molecule has 0 atom stereocenters. The average Bonchev–Trinajstić information content (AvgIpc) is 2.42. The number of para-hydroxylation sites is 2. The average molecular weight is 262 g/mol. The molecule has 0 saturated heterocycles. The Labute approximate surface area is 109 Å². The lowest BCUT2D eigenvalue weighted by atomic mass is 10.3. The van der Waals surface area contributed by atoms with E-state index in [0.717, 1.165) is 0 Å². The summed E-state index contributed by atoms with van der Waals surface area (Å²) in [7, 11) is 1.64. The first-order valence-corrected chi connectivity index (χ1v) is 5.78. The van der Waals surface area contributed by atoms with Crippen molar-refractivity contribution in [2.24, 2.45) is 7.05 Å². The van der Waals surface area contributed by atoms with E-state index in [2.05, 4.69) is 20.6 Å². The number of hydrogen-bond donors (Lipinski definition) is 2. The smallest absolute Gasteiger partial charge is 0.425 e. The molecule has 1 heterocycles. The third kappa shape index (κ3) is 2.65. The van der Waals surface area contributed by atoms with Gasteiger partial charge in [0.15, 0.2) is 0 Å². The lowest BCUT2D eigenvalue weighted by Crippen LogP contribution is -2.34. The molecule has 0 spiro atoms. The van der Waals surface area contributed by atoms with E-state index in [1.807, 2.05) is 12.1 Å². The molecule has 2 N–H and O–H groups in total. The van der Waals surface area contributed by atoms with Crippen molar-refractivity contribution in [3.05, 3.63) is 34.6 Å². The largest absolute Gasteiger partial charge is 0.449 e. The fourth-order valence-electron chi connectivity index (χ4n) is 1.64. The fraction of sp³-hybridized carbons (Fsp3) is 0.250. The van der Waals surface area contributed by atoms with Gasteiger partial charge >= 0.3 is 6.09 Å². The third-order valence-corrected chi connectivity index (χ3v) is 2.54. The summed E-state index contributed by atoms with van der Waals surface area (Å²) in [6.07, 6.45) is -0.667. The van der Waals surface area contributed by atoms with E-state index in [9.17, 15) is 9.59 Å². The van der Waals surface area contributed by atoms with Crippen molar-refractivity contribution < 1.29 is 9.53 Å². The summed E-state index contributed by atoms with van der Waals surface area (Å²) in [5, 5.41) is 0. The van der Waals surface area contributed by atoms with E-state index < -0.39 is 6.09 Å². The summed E-state index contributed by atoms with van der Waals surface area (Å²) >= 11 is 0. The number of aryl methyl sites for hydroxylation is 1. The summed E-state index contributed by atoms with van der Waals surface area (Å²) in [6, 6.07) is 7.23. The number of anilines is 1. The zero-order valence-corrected chi connectivity index (χ0v) is 10.6. The van der Waals surface area contributed by atoms with Crippen LogP contribution in [0.5, 0.6) is 0 Å². The van der Waals surface area contributed by atoms with E-state index in [1.54, 1.807) is 26.1 Å². The minimum atomic E-state index is -0.667. The molecule has 2 rings (SSSR count). The summed E-state index contributed by atoms with van der Waals surface area (Å²) in [5.74, 6) is 0.0363. The number of hydrogen-bond acceptors (Lipinski definition) is 5. The van der Waals surface area contributed by atoms with Crippen LogP contribution >= 0.6 is 0 Å². The van der Waals surface area contributed by atoms with Gasteiger partial charge in [-0.1, -0.05) is 12.1 Å². The molecule has 0 unspecified atom stereocenters. The molecule has 7 heteroatoms. The Morgan fingerprint density at radius 3 is 2.89 bits per heavy atom. The zero-order chi connectivity index (χ0) is 13.8. The van der Waals surface area contributed by atoms with Crippen LogP contribution in [-0.4, -0.2) is 22.3 Å². The lowest BCUT2D eigenvalue weighted by Gasteiger charge is -2.10. The lowest BCUT2D eigenvalue weighted by molar-refractivity contribution is 0.154. The molecule has 1 aromatic carbocycles. The summed E-state index contributed by atoms with van der Waals surface area (Å²) in [4.78, 5) is 27.3. The van der Waals surface area contributed by atoms with Crippen LogP contribution in [0.4, 0.5) is 10.6 Å². The van der Waals surface area contributed by atoms with E-state index >= 15 is 0 Å². The first-order valence-electron chi connectivity index (χ1n) is 5.78. The number of carbonyl (C=O) groups excluding carboxylic acids is 1. The maximum Gasteiger partial charge on any atom is 0.425 e. The number of fused-ring (bicyclic) bond motifs is 1. The minimum Gasteiger partial charge on any atom is -0.449 e. The Morgan fingerprint density at radius 1 is 1.42 bits per heavy atom. The number of ether oxygens (including phenoxy) is 1.